The second kappa shape index (κ2) is 6.77. The smallest absolute Gasteiger partial charge is 0.234 e. The molecule has 7 heteroatoms. The molecule has 1 saturated heterocycles. The van der Waals surface area contributed by atoms with Gasteiger partial charge in [-0.1, -0.05) is 23.7 Å². The average Bonchev–Trinajstić information content (AvgIpc) is 2.77. The van der Waals surface area contributed by atoms with E-state index in [1.165, 1.54) is 0 Å². The van der Waals surface area contributed by atoms with Crippen LogP contribution in [0.5, 0.6) is 0 Å². The summed E-state index contributed by atoms with van der Waals surface area (Å²) >= 11 is 5.88. The molecule has 1 aliphatic rings. The minimum atomic E-state index is -2.92. The molecule has 1 N–H and O–H groups in total. The van der Waals surface area contributed by atoms with Gasteiger partial charge in [0.2, 0.25) is 5.91 Å². The first-order valence-electron chi connectivity index (χ1n) is 6.77. The predicted molar refractivity (Wildman–Crippen MR) is 83.0 cm³/mol. The molecule has 1 heterocycles. The fourth-order valence-electron chi connectivity index (χ4n) is 2.38. The van der Waals surface area contributed by atoms with Crippen LogP contribution in [0.25, 0.3) is 0 Å². The zero-order valence-electron chi connectivity index (χ0n) is 11.9. The fourth-order valence-corrected chi connectivity index (χ4v) is 4.40. The minimum absolute atomic E-state index is 0.0630. The van der Waals surface area contributed by atoms with E-state index in [4.69, 9.17) is 11.6 Å². The molecule has 1 unspecified atom stereocenters. The highest BCUT2D eigenvalue weighted by molar-refractivity contribution is 7.91. The van der Waals surface area contributed by atoms with Gasteiger partial charge in [0, 0.05) is 17.6 Å². The van der Waals surface area contributed by atoms with Crippen LogP contribution in [0.2, 0.25) is 5.02 Å². The molecule has 5 nitrogen and oxygen atoms in total. The monoisotopic (exact) mass is 330 g/mol. The van der Waals surface area contributed by atoms with Crippen LogP contribution >= 0.6 is 11.6 Å². The van der Waals surface area contributed by atoms with Crippen molar-refractivity contribution < 1.29 is 13.2 Å². The topological polar surface area (TPSA) is 66.5 Å². The Labute approximate surface area is 130 Å². The Kier molecular flexibility index (Phi) is 5.24. The molecule has 1 aromatic carbocycles. The number of sulfone groups is 1. The van der Waals surface area contributed by atoms with Crippen molar-refractivity contribution in [3.8, 4) is 0 Å². The first-order valence-corrected chi connectivity index (χ1v) is 8.97. The van der Waals surface area contributed by atoms with E-state index in [0.29, 0.717) is 18.0 Å². The highest BCUT2D eigenvalue weighted by Gasteiger charge is 2.31. The van der Waals surface area contributed by atoms with Gasteiger partial charge in [0.25, 0.3) is 0 Å². The molecule has 0 spiro atoms. The number of nitrogens with one attached hydrogen (secondary N) is 1. The summed E-state index contributed by atoms with van der Waals surface area (Å²) in [4.78, 5) is 13.7. The standard InChI is InChI=1S/C14H19ClN2O3S/c1-17(13-5-6-21(19,20)10-13)9-14(18)16-8-11-3-2-4-12(15)7-11/h2-4,7,13H,5-6,8-10H2,1H3,(H,16,18). The Morgan fingerprint density at radius 1 is 1.48 bits per heavy atom. The quantitative estimate of drug-likeness (QED) is 0.877. The zero-order chi connectivity index (χ0) is 15.5. The number of hydrogen-bond acceptors (Lipinski definition) is 4. The molecule has 0 saturated carbocycles. The van der Waals surface area contributed by atoms with Crippen molar-refractivity contribution in [3.63, 3.8) is 0 Å². The van der Waals surface area contributed by atoms with Crippen LogP contribution in [0.4, 0.5) is 0 Å². The van der Waals surface area contributed by atoms with Crippen LogP contribution in [0.15, 0.2) is 24.3 Å². The summed E-state index contributed by atoms with van der Waals surface area (Å²) in [6, 6.07) is 7.24. The molecule has 2 rings (SSSR count). The number of nitrogens with zero attached hydrogens (tertiary/aromatic N) is 1. The molecule has 0 bridgehead atoms. The van der Waals surface area contributed by atoms with Gasteiger partial charge in [0.05, 0.1) is 18.1 Å². The van der Waals surface area contributed by atoms with Gasteiger partial charge in [-0.15, -0.1) is 0 Å². The number of hydrogen-bond donors (Lipinski definition) is 1. The summed E-state index contributed by atoms with van der Waals surface area (Å²) < 4.78 is 22.9. The first-order chi connectivity index (χ1) is 9.85. The number of benzene rings is 1. The molecule has 0 radical (unpaired) electrons. The lowest BCUT2D eigenvalue weighted by Crippen LogP contribution is -2.41. The Bertz CT molecular complexity index is 618. The average molecular weight is 331 g/mol. The van der Waals surface area contributed by atoms with Crippen molar-refractivity contribution >= 4 is 27.3 Å². The maximum Gasteiger partial charge on any atom is 0.234 e. The van der Waals surface area contributed by atoms with Gasteiger partial charge in [0.15, 0.2) is 9.84 Å². The number of carbonyl (C=O) groups is 1. The van der Waals surface area contributed by atoms with E-state index < -0.39 is 9.84 Å². The zero-order valence-corrected chi connectivity index (χ0v) is 13.5. The Morgan fingerprint density at radius 3 is 2.86 bits per heavy atom. The number of amides is 1. The molecule has 1 fully saturated rings. The maximum absolute atomic E-state index is 11.9. The highest BCUT2D eigenvalue weighted by Crippen LogP contribution is 2.16. The van der Waals surface area contributed by atoms with Crippen LogP contribution in [-0.2, 0) is 21.2 Å². The van der Waals surface area contributed by atoms with Gasteiger partial charge >= 0.3 is 0 Å². The molecule has 1 aromatic rings. The summed E-state index contributed by atoms with van der Waals surface area (Å²) in [5, 5.41) is 3.45. The largest absolute Gasteiger partial charge is 0.351 e. The molecule has 1 amide bonds. The third kappa shape index (κ3) is 4.98. The molecular weight excluding hydrogens is 312 g/mol. The first kappa shape index (κ1) is 16.3. The molecule has 1 aliphatic heterocycles. The number of likely N-dealkylation sites (N-methyl/N-ethyl adjacent to an activating group) is 1. The van der Waals surface area contributed by atoms with E-state index in [9.17, 15) is 13.2 Å². The van der Waals surface area contributed by atoms with Crippen molar-refractivity contribution in [2.24, 2.45) is 0 Å². The van der Waals surface area contributed by atoms with Crippen LogP contribution in [0.1, 0.15) is 12.0 Å². The third-order valence-corrected chi connectivity index (χ3v) is 5.59. The van der Waals surface area contributed by atoms with Crippen molar-refractivity contribution in [3.05, 3.63) is 34.9 Å². The van der Waals surface area contributed by atoms with Crippen LogP contribution in [0.3, 0.4) is 0 Å². The van der Waals surface area contributed by atoms with E-state index >= 15 is 0 Å². The summed E-state index contributed by atoms with van der Waals surface area (Å²) in [6.45, 7) is 0.608. The lowest BCUT2D eigenvalue weighted by Gasteiger charge is -2.22. The molecule has 1 atom stereocenters. The lowest BCUT2D eigenvalue weighted by atomic mass is 10.2. The molecule has 0 aromatic heterocycles. The summed E-state index contributed by atoms with van der Waals surface area (Å²) in [7, 11) is -1.14. The van der Waals surface area contributed by atoms with Crippen molar-refractivity contribution in [2.75, 3.05) is 25.1 Å². The van der Waals surface area contributed by atoms with E-state index in [1.54, 1.807) is 24.1 Å². The lowest BCUT2D eigenvalue weighted by molar-refractivity contribution is -0.122. The SMILES string of the molecule is CN(CC(=O)NCc1cccc(Cl)c1)C1CCS(=O)(=O)C1. The minimum Gasteiger partial charge on any atom is -0.351 e. The number of halogens is 1. The van der Waals surface area contributed by atoms with Crippen molar-refractivity contribution in [1.82, 2.24) is 10.2 Å². The number of carbonyl (C=O) groups excluding carboxylic acids is 1. The molecule has 0 aliphatic carbocycles. The normalized spacial score (nSPS) is 20.6. The maximum atomic E-state index is 11.9. The summed E-state index contributed by atoms with van der Waals surface area (Å²) in [5.41, 5.74) is 0.932. The van der Waals surface area contributed by atoms with E-state index in [0.717, 1.165) is 5.56 Å². The van der Waals surface area contributed by atoms with E-state index in [1.807, 2.05) is 12.1 Å². The van der Waals surface area contributed by atoms with Gasteiger partial charge in [-0.3, -0.25) is 9.69 Å². The Hall–Kier alpha value is -1.11. The van der Waals surface area contributed by atoms with Crippen LogP contribution in [-0.4, -0.2) is 50.4 Å². The van der Waals surface area contributed by atoms with Crippen molar-refractivity contribution in [1.29, 1.82) is 0 Å². The second-order valence-electron chi connectivity index (χ2n) is 5.38. The van der Waals surface area contributed by atoms with Gasteiger partial charge in [-0.05, 0) is 31.2 Å². The van der Waals surface area contributed by atoms with Gasteiger partial charge in [-0.25, -0.2) is 8.42 Å². The van der Waals surface area contributed by atoms with Crippen molar-refractivity contribution in [2.45, 2.75) is 19.0 Å². The molecular formula is C14H19ClN2O3S. The molecule has 116 valence electrons. The van der Waals surface area contributed by atoms with Crippen LogP contribution < -0.4 is 5.32 Å². The van der Waals surface area contributed by atoms with Crippen LogP contribution in [0, 0.1) is 0 Å². The molecule has 21 heavy (non-hydrogen) atoms. The summed E-state index contributed by atoms with van der Waals surface area (Å²) in [6.07, 6.45) is 0.598. The van der Waals surface area contributed by atoms with E-state index in [-0.39, 0.29) is 30.0 Å². The van der Waals surface area contributed by atoms with Gasteiger partial charge in [-0.2, -0.15) is 0 Å². The third-order valence-electron chi connectivity index (χ3n) is 3.60. The van der Waals surface area contributed by atoms with Gasteiger partial charge in [0.1, 0.15) is 0 Å². The van der Waals surface area contributed by atoms with E-state index in [2.05, 4.69) is 5.32 Å². The predicted octanol–water partition coefficient (Wildman–Crippen LogP) is 1.08. The highest BCUT2D eigenvalue weighted by atomic mass is 35.5. The fraction of sp³-hybridized carbons (Fsp3) is 0.500. The van der Waals surface area contributed by atoms with Gasteiger partial charge < -0.3 is 5.32 Å². The number of rotatable bonds is 5. The summed E-state index contributed by atoms with van der Waals surface area (Å²) in [5.74, 6) is 0.235. The Morgan fingerprint density at radius 2 is 2.24 bits per heavy atom. The Balaban J connectivity index is 1.79. The second-order valence-corrected chi connectivity index (χ2v) is 8.04.